The Hall–Kier alpha value is -2.92. The van der Waals surface area contributed by atoms with E-state index in [0.29, 0.717) is 19.7 Å². The molecule has 0 spiro atoms. The molecule has 1 saturated heterocycles. The molecule has 0 bridgehead atoms. The van der Waals surface area contributed by atoms with Crippen molar-refractivity contribution in [3.05, 3.63) is 42.1 Å². The number of benzene rings is 1. The van der Waals surface area contributed by atoms with E-state index < -0.39 is 16.3 Å². The van der Waals surface area contributed by atoms with E-state index in [1.165, 1.54) is 0 Å². The second-order valence-electron chi connectivity index (χ2n) is 10.4. The van der Waals surface area contributed by atoms with Gasteiger partial charge in [0.05, 0.1) is 28.6 Å². The summed E-state index contributed by atoms with van der Waals surface area (Å²) in [6.07, 6.45) is 5.02. The third kappa shape index (κ3) is 4.39. The highest BCUT2D eigenvalue weighted by molar-refractivity contribution is 7.85. The maximum absolute atomic E-state index is 13.6. The van der Waals surface area contributed by atoms with Gasteiger partial charge in [0.15, 0.2) is 5.82 Å². The second-order valence-corrected chi connectivity index (χ2v) is 12.1. The Morgan fingerprint density at radius 1 is 1.25 bits per heavy atom. The number of hydrogen-bond donors (Lipinski definition) is 2. The molecule has 3 N–H and O–H groups in total. The van der Waals surface area contributed by atoms with Crippen LogP contribution in [-0.2, 0) is 15.6 Å². The number of nitrogens with two attached hydrogens (primary N) is 1. The first-order valence-electron chi connectivity index (χ1n) is 12.5. The lowest BCUT2D eigenvalue weighted by atomic mass is 9.98. The van der Waals surface area contributed by atoms with Gasteiger partial charge >= 0.3 is 0 Å². The van der Waals surface area contributed by atoms with Crippen LogP contribution in [0.2, 0.25) is 0 Å². The minimum absolute atomic E-state index is 0.0283. The zero-order valence-corrected chi connectivity index (χ0v) is 22.1. The predicted octanol–water partition coefficient (Wildman–Crippen LogP) is 1.99. The minimum Gasteiger partial charge on any atom is -0.491 e. The molecule has 3 aliphatic rings. The Morgan fingerprint density at radius 2 is 2.00 bits per heavy atom. The molecule has 2 aromatic rings. The van der Waals surface area contributed by atoms with Crippen molar-refractivity contribution in [2.75, 3.05) is 26.2 Å². The summed E-state index contributed by atoms with van der Waals surface area (Å²) in [5.41, 5.74) is 6.77. The largest absolute Gasteiger partial charge is 0.491 e. The average Bonchev–Trinajstić information content (AvgIpc) is 3.48. The maximum atomic E-state index is 13.6. The summed E-state index contributed by atoms with van der Waals surface area (Å²) in [5.74, 6) is 1.26. The van der Waals surface area contributed by atoms with Crippen LogP contribution in [0.25, 0.3) is 5.70 Å². The molecule has 10 nitrogen and oxygen atoms in total. The van der Waals surface area contributed by atoms with Crippen molar-refractivity contribution in [3.63, 3.8) is 0 Å². The molecule has 2 unspecified atom stereocenters. The van der Waals surface area contributed by atoms with Crippen LogP contribution >= 0.6 is 0 Å². The number of aromatic nitrogens is 3. The number of carbonyl (C=O) groups excluding carboxylic acids is 1. The normalized spacial score (nSPS) is 21.8. The quantitative estimate of drug-likeness (QED) is 0.602. The number of rotatable bonds is 6. The summed E-state index contributed by atoms with van der Waals surface area (Å²) in [7, 11) is -1.17. The van der Waals surface area contributed by atoms with Gasteiger partial charge in [0.25, 0.3) is 0 Å². The molecule has 3 aliphatic heterocycles. The first kappa shape index (κ1) is 24.8. The number of amides is 1. The monoisotopic (exact) mass is 513 g/mol. The Kier molecular flexibility index (Phi) is 6.54. The van der Waals surface area contributed by atoms with Crippen LogP contribution in [0.15, 0.2) is 35.6 Å². The Bertz CT molecular complexity index is 1200. The predicted molar refractivity (Wildman–Crippen MR) is 137 cm³/mol. The minimum atomic E-state index is -1.17. The molecule has 1 aromatic heterocycles. The van der Waals surface area contributed by atoms with Crippen LogP contribution in [0.4, 0.5) is 0 Å². The summed E-state index contributed by atoms with van der Waals surface area (Å²) in [5, 5.41) is 8.00. The molecule has 0 aliphatic carbocycles. The van der Waals surface area contributed by atoms with Gasteiger partial charge < -0.3 is 20.7 Å². The summed E-state index contributed by atoms with van der Waals surface area (Å²) in [4.78, 5) is 21.4. The Balaban J connectivity index is 1.35. The topological polar surface area (TPSA) is 119 Å². The average molecular weight is 514 g/mol. The van der Waals surface area contributed by atoms with Gasteiger partial charge in [-0.2, -0.15) is 5.10 Å². The van der Waals surface area contributed by atoms with Crippen molar-refractivity contribution >= 4 is 22.4 Å². The van der Waals surface area contributed by atoms with E-state index in [-0.39, 0.29) is 23.4 Å². The second kappa shape index (κ2) is 9.51. The van der Waals surface area contributed by atoms with Gasteiger partial charge in [0.2, 0.25) is 5.91 Å². The number of piperidine rings is 1. The van der Waals surface area contributed by atoms with Crippen LogP contribution in [-0.4, -0.2) is 71.7 Å². The summed E-state index contributed by atoms with van der Waals surface area (Å²) in [6, 6.07) is 6.07. The number of nitrogens with zero attached hydrogens (tertiary/aromatic N) is 5. The molecule has 0 radical (unpaired) electrons. The number of nitrogens with one attached hydrogen (secondary N) is 1. The highest BCUT2D eigenvalue weighted by atomic mass is 32.2. The van der Waals surface area contributed by atoms with E-state index in [0.717, 1.165) is 47.1 Å². The van der Waals surface area contributed by atoms with Crippen LogP contribution in [0.1, 0.15) is 64.1 Å². The molecule has 1 aromatic carbocycles. The van der Waals surface area contributed by atoms with Crippen LogP contribution in [0.3, 0.4) is 0 Å². The van der Waals surface area contributed by atoms with E-state index in [1.54, 1.807) is 6.33 Å². The fraction of sp³-hybridized carbons (Fsp3) is 0.560. The molecule has 5 rings (SSSR count). The third-order valence-electron chi connectivity index (χ3n) is 7.48. The fourth-order valence-corrected chi connectivity index (χ4v) is 6.61. The first-order valence-corrected chi connectivity index (χ1v) is 13.7. The van der Waals surface area contributed by atoms with Crippen molar-refractivity contribution in [1.29, 1.82) is 0 Å². The first-order chi connectivity index (χ1) is 17.2. The van der Waals surface area contributed by atoms with Gasteiger partial charge in [0, 0.05) is 41.0 Å². The van der Waals surface area contributed by atoms with Gasteiger partial charge in [-0.05, 0) is 58.7 Å². The number of ether oxygens (including phenoxy) is 1. The standard InChI is InChI=1S/C25H35N7O3S/c1-16(2)32-23(27-15-28-32)20-14-30-11-12-35-21-6-5-18(13-19(21)22(30)29-20)36(34)17-7-9-31(10-8-17)25(3,4)24(26)33/h5-6,13-17,22,29H,7-12H2,1-4H3,(H2,26,33). The molecule has 2 atom stereocenters. The van der Waals surface area contributed by atoms with Gasteiger partial charge in [0.1, 0.15) is 24.8 Å². The van der Waals surface area contributed by atoms with E-state index in [1.807, 2.05) is 36.7 Å². The SMILES string of the molecule is CC(C)n1ncnc1C1=CN2CCOc3ccc(S(=O)C4CCN(C(C)(C)C(N)=O)CC4)cc3C2N1. The van der Waals surface area contributed by atoms with Crippen molar-refractivity contribution < 1.29 is 13.7 Å². The lowest BCUT2D eigenvalue weighted by molar-refractivity contribution is -0.128. The van der Waals surface area contributed by atoms with Crippen LogP contribution < -0.4 is 15.8 Å². The molecule has 1 fully saturated rings. The van der Waals surface area contributed by atoms with E-state index in [9.17, 15) is 9.00 Å². The number of carbonyl (C=O) groups is 1. The van der Waals surface area contributed by atoms with Crippen molar-refractivity contribution in [3.8, 4) is 5.75 Å². The zero-order chi connectivity index (χ0) is 25.6. The fourth-order valence-electron chi connectivity index (χ4n) is 5.14. The molecule has 36 heavy (non-hydrogen) atoms. The third-order valence-corrected chi connectivity index (χ3v) is 9.27. The van der Waals surface area contributed by atoms with Crippen LogP contribution in [0.5, 0.6) is 5.75 Å². The number of primary amides is 1. The van der Waals surface area contributed by atoms with E-state index in [2.05, 4.69) is 45.2 Å². The van der Waals surface area contributed by atoms with Crippen molar-refractivity contribution in [2.24, 2.45) is 5.73 Å². The van der Waals surface area contributed by atoms with Gasteiger partial charge in [-0.1, -0.05) is 0 Å². The number of fused-ring (bicyclic) bond motifs is 3. The van der Waals surface area contributed by atoms with Gasteiger partial charge in [-0.15, -0.1) is 0 Å². The Labute approximate surface area is 214 Å². The van der Waals surface area contributed by atoms with E-state index >= 15 is 0 Å². The molecule has 0 saturated carbocycles. The zero-order valence-electron chi connectivity index (χ0n) is 21.3. The lowest BCUT2D eigenvalue weighted by Crippen LogP contribution is -2.56. The van der Waals surface area contributed by atoms with Gasteiger partial charge in [-0.3, -0.25) is 13.9 Å². The highest BCUT2D eigenvalue weighted by Gasteiger charge is 2.37. The molecular formula is C25H35N7O3S. The van der Waals surface area contributed by atoms with Crippen molar-refractivity contribution in [2.45, 2.75) is 68.4 Å². The number of likely N-dealkylation sites (tertiary alicyclic amines) is 1. The lowest BCUT2D eigenvalue weighted by Gasteiger charge is -2.40. The molecular weight excluding hydrogens is 478 g/mol. The Morgan fingerprint density at radius 3 is 2.69 bits per heavy atom. The van der Waals surface area contributed by atoms with Crippen molar-refractivity contribution in [1.82, 2.24) is 29.9 Å². The molecule has 4 heterocycles. The highest BCUT2D eigenvalue weighted by Crippen LogP contribution is 2.38. The summed E-state index contributed by atoms with van der Waals surface area (Å²) in [6.45, 7) is 10.5. The molecule has 11 heteroatoms. The summed E-state index contributed by atoms with van der Waals surface area (Å²) < 4.78 is 21.6. The van der Waals surface area contributed by atoms with Gasteiger partial charge in [-0.25, -0.2) is 9.67 Å². The van der Waals surface area contributed by atoms with Crippen LogP contribution in [0, 0.1) is 0 Å². The molecule has 194 valence electrons. The molecule has 1 amide bonds. The van der Waals surface area contributed by atoms with E-state index in [4.69, 9.17) is 10.5 Å². The maximum Gasteiger partial charge on any atom is 0.237 e. The number of hydrogen-bond acceptors (Lipinski definition) is 8. The summed E-state index contributed by atoms with van der Waals surface area (Å²) >= 11 is 0. The smallest absolute Gasteiger partial charge is 0.237 e.